The number of hydrogen-bond acceptors (Lipinski definition) is 7. The van der Waals surface area contributed by atoms with Crippen LogP contribution in [0.5, 0.6) is 0 Å². The van der Waals surface area contributed by atoms with E-state index in [2.05, 4.69) is 57.7 Å². The second kappa shape index (κ2) is 13.0. The molecule has 8 nitrogen and oxygen atoms in total. The van der Waals surface area contributed by atoms with Gasteiger partial charge >= 0.3 is 0 Å². The average molecular weight is 641 g/mol. The Labute approximate surface area is 272 Å². The number of fused-ring (bicyclic) bond motifs is 1. The number of likely N-dealkylation sites (tertiary alicyclic amines) is 1. The van der Waals surface area contributed by atoms with Crippen LogP contribution in [0, 0.1) is 23.0 Å². The number of aromatic nitrogens is 4. The topological polar surface area (TPSA) is 94.7 Å². The van der Waals surface area contributed by atoms with Crippen LogP contribution in [0.15, 0.2) is 73.1 Å². The summed E-state index contributed by atoms with van der Waals surface area (Å²) in [4.78, 5) is 6.93. The van der Waals surface area contributed by atoms with Crippen molar-refractivity contribution < 1.29 is 8.78 Å². The molecule has 1 atom stereocenters. The molecule has 0 spiro atoms. The first-order valence-electron chi connectivity index (χ1n) is 15.3. The molecular formula is C35H35ClF2N8. The summed E-state index contributed by atoms with van der Waals surface area (Å²) >= 11 is 6.76. The maximum absolute atomic E-state index is 14.4. The number of benzene rings is 3. The molecule has 2 aromatic heterocycles. The number of hydrogen-bond donors (Lipinski definition) is 2. The Morgan fingerprint density at radius 2 is 1.83 bits per heavy atom. The zero-order chi connectivity index (χ0) is 32.4. The number of halogens is 3. The lowest BCUT2D eigenvalue weighted by Crippen LogP contribution is -2.46. The number of anilines is 2. The fraction of sp³-hybridized carbons (Fsp3) is 0.314. The summed E-state index contributed by atoms with van der Waals surface area (Å²) in [6, 6.07) is 19.6. The summed E-state index contributed by atoms with van der Waals surface area (Å²) < 4.78 is 30.3. The molecule has 3 aromatic carbocycles. The van der Waals surface area contributed by atoms with Gasteiger partial charge in [-0.3, -0.25) is 9.88 Å². The summed E-state index contributed by atoms with van der Waals surface area (Å²) in [6.45, 7) is 8.70. The van der Waals surface area contributed by atoms with Gasteiger partial charge in [0.05, 0.1) is 40.1 Å². The van der Waals surface area contributed by atoms with Crippen molar-refractivity contribution in [3.05, 3.63) is 112 Å². The van der Waals surface area contributed by atoms with Gasteiger partial charge in [-0.1, -0.05) is 59.3 Å². The quantitative estimate of drug-likeness (QED) is 0.178. The Hall–Kier alpha value is -4.59. The molecule has 0 bridgehead atoms. The lowest BCUT2D eigenvalue weighted by Gasteiger charge is -2.40. The number of pyridine rings is 1. The molecular weight excluding hydrogens is 606 g/mol. The van der Waals surface area contributed by atoms with Gasteiger partial charge in [0.1, 0.15) is 11.8 Å². The second-order valence-corrected chi connectivity index (χ2v) is 13.0. The first-order chi connectivity index (χ1) is 22.1. The van der Waals surface area contributed by atoms with Gasteiger partial charge in [-0.15, -0.1) is 5.10 Å². The maximum atomic E-state index is 14.4. The largest absolute Gasteiger partial charge is 0.379 e. The normalized spacial score (nSPS) is 15.1. The van der Waals surface area contributed by atoms with E-state index in [1.165, 1.54) is 18.3 Å². The first kappa shape index (κ1) is 31.4. The standard InChI is InChI=1S/C35H35ClF2N8/c1-35(2,3)45-14-12-26(13-15-45)46-21-30(43-44-46)33(22-8-5-4-6-9-22)42-25-16-27-32(24(18-39)20-41-34(27)28(36)17-25)40-19-23-10-7-11-29(37)31(23)38/h4-11,16-17,20-21,26,33,42H,12-15,19H2,1-3H3,(H,40,41). The highest BCUT2D eigenvalue weighted by Gasteiger charge is 2.29. The van der Waals surface area contributed by atoms with Crippen molar-refractivity contribution >= 4 is 33.9 Å². The zero-order valence-electron chi connectivity index (χ0n) is 25.9. The van der Waals surface area contributed by atoms with Crippen LogP contribution in [0.3, 0.4) is 0 Å². The molecule has 46 heavy (non-hydrogen) atoms. The van der Waals surface area contributed by atoms with Crippen molar-refractivity contribution in [3.8, 4) is 6.07 Å². The molecule has 1 aliphatic rings. The highest BCUT2D eigenvalue weighted by atomic mass is 35.5. The van der Waals surface area contributed by atoms with E-state index in [1.54, 1.807) is 6.07 Å². The van der Waals surface area contributed by atoms with Crippen molar-refractivity contribution in [1.82, 2.24) is 24.9 Å². The lowest BCUT2D eigenvalue weighted by molar-refractivity contribution is 0.0866. The summed E-state index contributed by atoms with van der Waals surface area (Å²) in [5.41, 5.74) is 3.81. The predicted octanol–water partition coefficient (Wildman–Crippen LogP) is 7.88. The Kier molecular flexibility index (Phi) is 8.89. The summed E-state index contributed by atoms with van der Waals surface area (Å²) in [5, 5.41) is 26.7. The van der Waals surface area contributed by atoms with E-state index in [0.717, 1.165) is 43.3 Å². The van der Waals surface area contributed by atoms with Crippen LogP contribution in [-0.4, -0.2) is 43.5 Å². The van der Waals surface area contributed by atoms with E-state index in [0.29, 0.717) is 27.3 Å². The molecule has 5 aromatic rings. The summed E-state index contributed by atoms with van der Waals surface area (Å²) in [7, 11) is 0. The Balaban J connectivity index is 1.32. The zero-order valence-corrected chi connectivity index (χ0v) is 26.7. The fourth-order valence-electron chi connectivity index (χ4n) is 6.03. The lowest BCUT2D eigenvalue weighted by atomic mass is 9.98. The third-order valence-corrected chi connectivity index (χ3v) is 8.88. The molecule has 0 amide bonds. The molecule has 0 saturated carbocycles. The molecule has 236 valence electrons. The maximum Gasteiger partial charge on any atom is 0.163 e. The molecule has 2 N–H and O–H groups in total. The number of piperidine rings is 1. The van der Waals surface area contributed by atoms with Crippen LogP contribution in [0.1, 0.15) is 68.1 Å². The number of nitrogens with one attached hydrogen (secondary N) is 2. The van der Waals surface area contributed by atoms with Crippen LogP contribution in [0.2, 0.25) is 5.02 Å². The van der Waals surface area contributed by atoms with E-state index in [9.17, 15) is 14.0 Å². The molecule has 0 radical (unpaired) electrons. The number of nitriles is 1. The van der Waals surface area contributed by atoms with E-state index in [-0.39, 0.29) is 35.3 Å². The minimum atomic E-state index is -0.939. The van der Waals surface area contributed by atoms with Crippen LogP contribution in [0.4, 0.5) is 20.2 Å². The smallest absolute Gasteiger partial charge is 0.163 e. The van der Waals surface area contributed by atoms with Gasteiger partial charge in [0.15, 0.2) is 11.6 Å². The minimum absolute atomic E-state index is 0.0446. The van der Waals surface area contributed by atoms with Gasteiger partial charge in [0.25, 0.3) is 0 Å². The first-order valence-corrected chi connectivity index (χ1v) is 15.7. The van der Waals surface area contributed by atoms with E-state index in [4.69, 9.17) is 11.6 Å². The highest BCUT2D eigenvalue weighted by molar-refractivity contribution is 6.35. The molecule has 3 heterocycles. The van der Waals surface area contributed by atoms with Gasteiger partial charge in [-0.25, -0.2) is 13.5 Å². The third kappa shape index (κ3) is 6.52. The monoisotopic (exact) mass is 640 g/mol. The van der Waals surface area contributed by atoms with Gasteiger partial charge < -0.3 is 10.6 Å². The van der Waals surface area contributed by atoms with Crippen LogP contribution in [0.25, 0.3) is 10.9 Å². The molecule has 0 aliphatic carbocycles. The predicted molar refractivity (Wildman–Crippen MR) is 177 cm³/mol. The minimum Gasteiger partial charge on any atom is -0.379 e. The molecule has 1 unspecified atom stereocenters. The summed E-state index contributed by atoms with van der Waals surface area (Å²) in [5.74, 6) is -1.88. The second-order valence-electron chi connectivity index (χ2n) is 12.6. The third-order valence-electron chi connectivity index (χ3n) is 8.59. The number of rotatable bonds is 8. The Morgan fingerprint density at radius 3 is 2.54 bits per heavy atom. The van der Waals surface area contributed by atoms with Crippen molar-refractivity contribution in [2.45, 2.75) is 57.8 Å². The number of nitrogens with zero attached hydrogens (tertiary/aromatic N) is 6. The fourth-order valence-corrected chi connectivity index (χ4v) is 6.30. The van der Waals surface area contributed by atoms with E-state index in [1.807, 2.05) is 47.3 Å². The molecule has 1 saturated heterocycles. The summed E-state index contributed by atoms with van der Waals surface area (Å²) in [6.07, 6.45) is 5.42. The Bertz CT molecular complexity index is 1890. The van der Waals surface area contributed by atoms with Crippen molar-refractivity contribution in [2.75, 3.05) is 23.7 Å². The van der Waals surface area contributed by atoms with Gasteiger partial charge in [0.2, 0.25) is 0 Å². The Morgan fingerprint density at radius 1 is 1.07 bits per heavy atom. The van der Waals surface area contributed by atoms with Crippen molar-refractivity contribution in [3.63, 3.8) is 0 Å². The van der Waals surface area contributed by atoms with Crippen LogP contribution in [-0.2, 0) is 6.54 Å². The van der Waals surface area contributed by atoms with Crippen LogP contribution >= 0.6 is 11.6 Å². The van der Waals surface area contributed by atoms with Gasteiger partial charge in [0, 0.05) is 48.0 Å². The van der Waals surface area contributed by atoms with Gasteiger partial charge in [-0.05, 0) is 57.4 Å². The molecule has 11 heteroatoms. The van der Waals surface area contributed by atoms with Crippen LogP contribution < -0.4 is 10.6 Å². The average Bonchev–Trinajstić information content (AvgIpc) is 3.54. The molecule has 6 rings (SSSR count). The van der Waals surface area contributed by atoms with Crippen molar-refractivity contribution in [1.29, 1.82) is 5.26 Å². The SMILES string of the molecule is CC(C)(C)N1CCC(n2cc(C(Nc3cc(Cl)c4ncc(C#N)c(NCc5cccc(F)c5F)c4c3)c3ccccc3)nn2)CC1. The van der Waals surface area contributed by atoms with Gasteiger partial charge in [-0.2, -0.15) is 5.26 Å². The van der Waals surface area contributed by atoms with Crippen molar-refractivity contribution in [2.24, 2.45) is 0 Å². The molecule has 1 aliphatic heterocycles. The molecule has 1 fully saturated rings. The van der Waals surface area contributed by atoms with E-state index >= 15 is 0 Å². The highest BCUT2D eigenvalue weighted by Crippen LogP contribution is 2.36. The van der Waals surface area contributed by atoms with E-state index < -0.39 is 11.6 Å².